The number of aryl methyl sites for hydroxylation is 2. The SMILES string of the molecule is Cc1nc(CC(CC2CCS(=O)(=O)C2)NN)sc1C. The molecule has 1 aromatic rings. The fraction of sp³-hybridized carbons (Fsp3) is 0.750. The maximum absolute atomic E-state index is 11.5. The maximum atomic E-state index is 11.5. The van der Waals surface area contributed by atoms with Crippen LogP contribution in [0.2, 0.25) is 0 Å². The summed E-state index contributed by atoms with van der Waals surface area (Å²) in [6.45, 7) is 4.06. The van der Waals surface area contributed by atoms with E-state index in [2.05, 4.69) is 17.3 Å². The minimum atomic E-state index is -2.81. The van der Waals surface area contributed by atoms with Crippen LogP contribution in [0.4, 0.5) is 0 Å². The van der Waals surface area contributed by atoms with E-state index in [1.54, 1.807) is 11.3 Å². The van der Waals surface area contributed by atoms with Gasteiger partial charge in [0.2, 0.25) is 0 Å². The van der Waals surface area contributed by atoms with Crippen molar-refractivity contribution >= 4 is 21.2 Å². The summed E-state index contributed by atoms with van der Waals surface area (Å²) in [6, 6.07) is 0.100. The number of aromatic nitrogens is 1. The summed E-state index contributed by atoms with van der Waals surface area (Å²) >= 11 is 1.69. The molecular weight excluding hydrogens is 282 g/mol. The highest BCUT2D eigenvalue weighted by molar-refractivity contribution is 7.91. The number of rotatable bonds is 5. The van der Waals surface area contributed by atoms with Crippen LogP contribution in [0.15, 0.2) is 0 Å². The Morgan fingerprint density at radius 2 is 2.26 bits per heavy atom. The Kier molecular flexibility index (Phi) is 4.60. The van der Waals surface area contributed by atoms with Gasteiger partial charge in [-0.05, 0) is 32.6 Å². The Morgan fingerprint density at radius 3 is 2.74 bits per heavy atom. The molecule has 0 aliphatic carbocycles. The Morgan fingerprint density at radius 1 is 1.53 bits per heavy atom. The monoisotopic (exact) mass is 303 g/mol. The summed E-state index contributed by atoms with van der Waals surface area (Å²) in [5.74, 6) is 6.45. The van der Waals surface area contributed by atoms with Gasteiger partial charge in [0.15, 0.2) is 9.84 Å². The third-order valence-electron chi connectivity index (χ3n) is 3.67. The minimum Gasteiger partial charge on any atom is -0.271 e. The lowest BCUT2D eigenvalue weighted by Crippen LogP contribution is -2.38. The number of nitrogens with one attached hydrogen (secondary N) is 1. The van der Waals surface area contributed by atoms with Gasteiger partial charge in [0, 0.05) is 17.3 Å². The summed E-state index contributed by atoms with van der Waals surface area (Å²) < 4.78 is 22.9. The molecule has 0 amide bonds. The van der Waals surface area contributed by atoms with Crippen molar-refractivity contribution in [2.45, 2.75) is 39.2 Å². The highest BCUT2D eigenvalue weighted by Crippen LogP contribution is 2.25. The Bertz CT molecular complexity index is 520. The smallest absolute Gasteiger partial charge is 0.150 e. The van der Waals surface area contributed by atoms with Crippen LogP contribution in [0.25, 0.3) is 0 Å². The van der Waals surface area contributed by atoms with Gasteiger partial charge in [0.1, 0.15) is 0 Å². The molecule has 3 N–H and O–H groups in total. The predicted octanol–water partition coefficient (Wildman–Crippen LogP) is 0.959. The summed E-state index contributed by atoms with van der Waals surface area (Å²) in [4.78, 5) is 5.74. The molecule has 2 rings (SSSR count). The van der Waals surface area contributed by atoms with Gasteiger partial charge in [0.05, 0.1) is 22.2 Å². The number of nitrogens with two attached hydrogens (primary N) is 1. The van der Waals surface area contributed by atoms with E-state index >= 15 is 0 Å². The van der Waals surface area contributed by atoms with Crippen LogP contribution in [0.3, 0.4) is 0 Å². The van der Waals surface area contributed by atoms with E-state index in [1.165, 1.54) is 4.88 Å². The zero-order chi connectivity index (χ0) is 14.0. The van der Waals surface area contributed by atoms with Gasteiger partial charge in [-0.1, -0.05) is 0 Å². The molecule has 0 spiro atoms. The van der Waals surface area contributed by atoms with Gasteiger partial charge < -0.3 is 0 Å². The average Bonchev–Trinajstić information content (AvgIpc) is 2.81. The second-order valence-electron chi connectivity index (χ2n) is 5.32. The molecule has 0 aromatic carbocycles. The van der Waals surface area contributed by atoms with Crippen molar-refractivity contribution in [3.63, 3.8) is 0 Å². The van der Waals surface area contributed by atoms with Crippen LogP contribution in [0.5, 0.6) is 0 Å². The van der Waals surface area contributed by atoms with Crippen molar-refractivity contribution in [3.8, 4) is 0 Å². The molecule has 7 heteroatoms. The fourth-order valence-corrected chi connectivity index (χ4v) is 5.40. The standard InChI is InChI=1S/C12H21N3O2S2/c1-8-9(2)18-12(14-8)6-11(15-13)5-10-3-4-19(16,17)7-10/h10-11,15H,3-7,13H2,1-2H3. The van der Waals surface area contributed by atoms with Crippen molar-refractivity contribution in [1.82, 2.24) is 10.4 Å². The van der Waals surface area contributed by atoms with Gasteiger partial charge in [0.25, 0.3) is 0 Å². The predicted molar refractivity (Wildman–Crippen MR) is 77.8 cm³/mol. The molecular formula is C12H21N3O2S2. The van der Waals surface area contributed by atoms with Crippen LogP contribution in [0.1, 0.15) is 28.4 Å². The quantitative estimate of drug-likeness (QED) is 0.625. The third-order valence-corrected chi connectivity index (χ3v) is 6.61. The third kappa shape index (κ3) is 3.98. The molecule has 0 radical (unpaired) electrons. The number of hydrogen-bond donors (Lipinski definition) is 2. The normalized spacial score (nSPS) is 23.6. The fourth-order valence-electron chi connectivity index (χ4n) is 2.51. The van der Waals surface area contributed by atoms with Crippen LogP contribution in [-0.4, -0.2) is 30.9 Å². The summed E-state index contributed by atoms with van der Waals surface area (Å²) in [6.07, 6.45) is 2.33. The van der Waals surface area contributed by atoms with E-state index in [0.717, 1.165) is 30.0 Å². The molecule has 1 fully saturated rings. The molecule has 0 saturated carbocycles. The number of hydrazine groups is 1. The highest BCUT2D eigenvalue weighted by Gasteiger charge is 2.29. The van der Waals surface area contributed by atoms with E-state index < -0.39 is 9.84 Å². The molecule has 1 saturated heterocycles. The van der Waals surface area contributed by atoms with Gasteiger partial charge in [-0.25, -0.2) is 13.4 Å². The second-order valence-corrected chi connectivity index (χ2v) is 8.84. The average molecular weight is 303 g/mol. The lowest BCUT2D eigenvalue weighted by molar-refractivity contribution is 0.408. The lowest BCUT2D eigenvalue weighted by atomic mass is 9.98. The van der Waals surface area contributed by atoms with Crippen LogP contribution in [-0.2, 0) is 16.3 Å². The van der Waals surface area contributed by atoms with Crippen LogP contribution >= 0.6 is 11.3 Å². The van der Waals surface area contributed by atoms with Crippen molar-refractivity contribution in [1.29, 1.82) is 0 Å². The van der Waals surface area contributed by atoms with Crippen molar-refractivity contribution in [3.05, 3.63) is 15.6 Å². The zero-order valence-electron chi connectivity index (χ0n) is 11.3. The van der Waals surface area contributed by atoms with Gasteiger partial charge in [-0.2, -0.15) is 0 Å². The molecule has 1 aliphatic heterocycles. The number of hydrogen-bond acceptors (Lipinski definition) is 6. The summed E-state index contributed by atoms with van der Waals surface area (Å²) in [7, 11) is -2.81. The molecule has 108 valence electrons. The molecule has 0 bridgehead atoms. The molecule has 1 aliphatic rings. The molecule has 2 heterocycles. The highest BCUT2D eigenvalue weighted by atomic mass is 32.2. The largest absolute Gasteiger partial charge is 0.271 e. The van der Waals surface area contributed by atoms with E-state index in [-0.39, 0.29) is 12.0 Å². The Hall–Kier alpha value is -0.500. The first-order valence-electron chi connectivity index (χ1n) is 6.49. The molecule has 2 atom stereocenters. The van der Waals surface area contributed by atoms with Gasteiger partial charge >= 0.3 is 0 Å². The minimum absolute atomic E-state index is 0.100. The zero-order valence-corrected chi connectivity index (χ0v) is 13.0. The van der Waals surface area contributed by atoms with E-state index in [9.17, 15) is 8.42 Å². The number of thiazole rings is 1. The molecule has 2 unspecified atom stereocenters. The molecule has 19 heavy (non-hydrogen) atoms. The number of sulfone groups is 1. The van der Waals surface area contributed by atoms with Crippen molar-refractivity contribution in [2.75, 3.05) is 11.5 Å². The molecule has 5 nitrogen and oxygen atoms in total. The topological polar surface area (TPSA) is 85.1 Å². The Balaban J connectivity index is 1.94. The first-order chi connectivity index (χ1) is 8.89. The maximum Gasteiger partial charge on any atom is 0.150 e. The lowest BCUT2D eigenvalue weighted by Gasteiger charge is -2.17. The first kappa shape index (κ1) is 14.9. The van der Waals surface area contributed by atoms with E-state index in [1.807, 2.05) is 6.92 Å². The Labute approximate surface area is 118 Å². The summed E-state index contributed by atoms with van der Waals surface area (Å²) in [5.41, 5.74) is 3.87. The van der Waals surface area contributed by atoms with Crippen molar-refractivity contribution in [2.24, 2.45) is 11.8 Å². The van der Waals surface area contributed by atoms with E-state index in [0.29, 0.717) is 11.5 Å². The van der Waals surface area contributed by atoms with Gasteiger partial charge in [-0.15, -0.1) is 11.3 Å². The van der Waals surface area contributed by atoms with Crippen molar-refractivity contribution < 1.29 is 8.42 Å². The first-order valence-corrected chi connectivity index (χ1v) is 9.13. The van der Waals surface area contributed by atoms with Gasteiger partial charge in [-0.3, -0.25) is 11.3 Å². The van der Waals surface area contributed by atoms with E-state index in [4.69, 9.17) is 5.84 Å². The summed E-state index contributed by atoms with van der Waals surface area (Å²) in [5, 5.41) is 1.07. The number of nitrogens with zero attached hydrogens (tertiary/aromatic N) is 1. The van der Waals surface area contributed by atoms with Crippen LogP contribution < -0.4 is 11.3 Å². The molecule has 1 aromatic heterocycles. The van der Waals surface area contributed by atoms with Crippen LogP contribution in [0, 0.1) is 19.8 Å². The second kappa shape index (κ2) is 5.87.